The van der Waals surface area contributed by atoms with Crippen LogP contribution in [0.25, 0.3) is 0 Å². The highest BCUT2D eigenvalue weighted by Gasteiger charge is 2.32. The number of aryl methyl sites for hydroxylation is 3. The molecule has 184 valence electrons. The maximum absolute atomic E-state index is 12.5. The minimum Gasteiger partial charge on any atom is -0.469 e. The lowest BCUT2D eigenvalue weighted by Gasteiger charge is -2.17. The molecule has 0 atom stereocenters. The highest BCUT2D eigenvalue weighted by molar-refractivity contribution is 8.04. The molecule has 0 saturated carbocycles. The summed E-state index contributed by atoms with van der Waals surface area (Å²) in [6.45, 7) is 7.09. The van der Waals surface area contributed by atoms with Gasteiger partial charge in [-0.2, -0.15) is 0 Å². The van der Waals surface area contributed by atoms with E-state index in [4.69, 9.17) is 0 Å². The minimum absolute atomic E-state index is 0.0590. The number of rotatable bonds is 4. The monoisotopic (exact) mass is 505 g/mol. The largest absolute Gasteiger partial charge is 0.469 e. The number of nitrogens with zero attached hydrogens (tertiary/aromatic N) is 1. The first-order valence-electron chi connectivity index (χ1n) is 10.3. The second kappa shape index (κ2) is 13.0. The van der Waals surface area contributed by atoms with E-state index in [9.17, 15) is 21.6 Å². The molecule has 0 fully saturated rings. The van der Waals surface area contributed by atoms with Crippen LogP contribution in [0.1, 0.15) is 23.6 Å². The average Bonchev–Trinajstić information content (AvgIpc) is 2.80. The summed E-state index contributed by atoms with van der Waals surface area (Å²) in [5.41, 5.74) is 3.11. The summed E-state index contributed by atoms with van der Waals surface area (Å²) in [5.74, 6) is -0.245. The lowest BCUT2D eigenvalue weighted by atomic mass is 10.2. The maximum Gasteiger partial charge on any atom is 0.302 e. The number of sulfonamides is 2. The van der Waals surface area contributed by atoms with Gasteiger partial charge in [0, 0.05) is 14.0 Å². The molecule has 7 nitrogen and oxygen atoms in total. The minimum atomic E-state index is -4.13. The van der Waals surface area contributed by atoms with Crippen molar-refractivity contribution in [2.24, 2.45) is 0 Å². The molecule has 3 aromatic rings. The van der Waals surface area contributed by atoms with Crippen molar-refractivity contribution in [1.29, 1.82) is 0 Å². The summed E-state index contributed by atoms with van der Waals surface area (Å²) >= 11 is 0. The predicted octanol–water partition coefficient (Wildman–Crippen LogP) is 4.49. The SMILES string of the molecule is COC(C)=O.Cc1ccc(S(=O)(=O)N(C)S(=O)(=O)c2ccc(C)cc2)cc1.Cc1ccccc1. The molecule has 0 N–H and O–H groups in total. The molecule has 3 rings (SSSR count). The topological polar surface area (TPSA) is 97.8 Å². The zero-order valence-electron chi connectivity index (χ0n) is 20.2. The Kier molecular flexibility index (Phi) is 11.1. The van der Waals surface area contributed by atoms with E-state index in [1.54, 1.807) is 24.3 Å². The Labute approximate surface area is 203 Å². The van der Waals surface area contributed by atoms with Crippen molar-refractivity contribution in [1.82, 2.24) is 3.71 Å². The Hall–Kier alpha value is -3.01. The summed E-state index contributed by atoms with van der Waals surface area (Å²) in [5, 5.41) is 0. The zero-order chi connectivity index (χ0) is 25.9. The molecule has 0 unspecified atom stereocenters. The van der Waals surface area contributed by atoms with Crippen LogP contribution in [0.4, 0.5) is 0 Å². The van der Waals surface area contributed by atoms with Crippen molar-refractivity contribution in [3.8, 4) is 0 Å². The fourth-order valence-electron chi connectivity index (χ4n) is 2.38. The second-order valence-corrected chi connectivity index (χ2v) is 11.5. The first-order chi connectivity index (χ1) is 15.8. The van der Waals surface area contributed by atoms with Gasteiger partial charge in [0.15, 0.2) is 0 Å². The smallest absolute Gasteiger partial charge is 0.302 e. The van der Waals surface area contributed by atoms with Crippen molar-refractivity contribution in [2.45, 2.75) is 37.5 Å². The van der Waals surface area contributed by atoms with Gasteiger partial charge in [-0.3, -0.25) is 4.79 Å². The number of carbonyl (C=O) groups is 1. The van der Waals surface area contributed by atoms with Crippen LogP contribution < -0.4 is 0 Å². The number of ether oxygens (including phenoxy) is 1. The molecule has 0 saturated heterocycles. The lowest BCUT2D eigenvalue weighted by molar-refractivity contribution is -0.137. The third kappa shape index (κ3) is 8.74. The number of carbonyl (C=O) groups excluding carboxylic acids is 1. The molecule has 0 bridgehead atoms. The summed E-state index contributed by atoms with van der Waals surface area (Å²) in [4.78, 5) is 9.47. The summed E-state index contributed by atoms with van der Waals surface area (Å²) < 4.78 is 54.4. The summed E-state index contributed by atoms with van der Waals surface area (Å²) in [6.07, 6.45) is 0. The van der Waals surface area contributed by atoms with Crippen LogP contribution in [0.2, 0.25) is 0 Å². The molecule has 0 amide bonds. The number of hydrogen-bond donors (Lipinski definition) is 0. The van der Waals surface area contributed by atoms with Crippen molar-refractivity contribution < 1.29 is 26.4 Å². The van der Waals surface area contributed by atoms with E-state index < -0.39 is 20.0 Å². The first kappa shape index (κ1) is 29.0. The van der Waals surface area contributed by atoms with Gasteiger partial charge < -0.3 is 4.74 Å². The highest BCUT2D eigenvalue weighted by Crippen LogP contribution is 2.23. The molecule has 0 aliphatic heterocycles. The third-order valence-electron chi connectivity index (χ3n) is 4.54. The van der Waals surface area contributed by atoms with E-state index in [2.05, 4.69) is 23.8 Å². The second-order valence-electron chi connectivity index (χ2n) is 7.37. The molecule has 9 heteroatoms. The van der Waals surface area contributed by atoms with Crippen molar-refractivity contribution in [2.75, 3.05) is 14.2 Å². The van der Waals surface area contributed by atoms with E-state index in [-0.39, 0.29) is 15.8 Å². The number of benzene rings is 3. The molecule has 3 aromatic carbocycles. The summed E-state index contributed by atoms with van der Waals surface area (Å²) in [7, 11) is -5.86. The molecule has 0 aliphatic rings. The quantitative estimate of drug-likeness (QED) is 0.485. The van der Waals surface area contributed by atoms with Crippen LogP contribution >= 0.6 is 0 Å². The molecule has 34 heavy (non-hydrogen) atoms. The van der Waals surface area contributed by atoms with Gasteiger partial charge in [-0.15, -0.1) is 0 Å². The standard InChI is InChI=1S/C15H17NO4S2.C7H8.C3H6O2/c1-12-4-8-14(9-5-12)21(17,18)16(3)22(19,20)15-10-6-13(2)7-11-15;1-7-5-3-2-4-6-7;1-3(4)5-2/h4-11H,1-3H3;2-6H,1H3;1-2H3. The first-order valence-corrected chi connectivity index (χ1v) is 13.1. The van der Waals surface area contributed by atoms with Crippen molar-refractivity contribution in [3.05, 3.63) is 95.6 Å². The van der Waals surface area contributed by atoms with Gasteiger partial charge >= 0.3 is 5.97 Å². The van der Waals surface area contributed by atoms with Gasteiger partial charge in [0.05, 0.1) is 16.9 Å². The Morgan fingerprint density at radius 3 is 1.18 bits per heavy atom. The van der Waals surface area contributed by atoms with Gasteiger partial charge in [-0.1, -0.05) is 75.0 Å². The van der Waals surface area contributed by atoms with E-state index in [0.717, 1.165) is 18.2 Å². The predicted molar refractivity (Wildman–Crippen MR) is 133 cm³/mol. The maximum atomic E-state index is 12.5. The summed E-state index contributed by atoms with van der Waals surface area (Å²) in [6, 6.07) is 22.3. The van der Waals surface area contributed by atoms with Crippen LogP contribution in [-0.4, -0.2) is 40.7 Å². The molecule has 0 radical (unpaired) electrons. The van der Waals surface area contributed by atoms with Crippen molar-refractivity contribution >= 4 is 26.0 Å². The third-order valence-corrected chi connectivity index (χ3v) is 8.81. The number of esters is 1. The average molecular weight is 506 g/mol. The fourth-order valence-corrected chi connectivity index (χ4v) is 5.48. The van der Waals surface area contributed by atoms with E-state index >= 15 is 0 Å². The van der Waals surface area contributed by atoms with Gasteiger partial charge in [-0.05, 0) is 45.0 Å². The van der Waals surface area contributed by atoms with Crippen LogP contribution in [0.3, 0.4) is 0 Å². The van der Waals surface area contributed by atoms with Gasteiger partial charge in [0.1, 0.15) is 0 Å². The molecule has 0 spiro atoms. The zero-order valence-corrected chi connectivity index (χ0v) is 21.9. The van der Waals surface area contributed by atoms with Gasteiger partial charge in [0.25, 0.3) is 20.0 Å². The Bertz CT molecular complexity index is 1180. The van der Waals surface area contributed by atoms with Gasteiger partial charge in [-0.25, -0.2) is 16.8 Å². The van der Waals surface area contributed by atoms with Crippen LogP contribution in [0.15, 0.2) is 88.7 Å². The highest BCUT2D eigenvalue weighted by atomic mass is 32.3. The van der Waals surface area contributed by atoms with Gasteiger partial charge in [0.2, 0.25) is 0 Å². The number of methoxy groups -OCH3 is 1. The van der Waals surface area contributed by atoms with E-state index in [1.807, 2.05) is 32.0 Å². The van der Waals surface area contributed by atoms with Crippen molar-refractivity contribution in [3.63, 3.8) is 0 Å². The Morgan fingerprint density at radius 1 is 0.647 bits per heavy atom. The normalized spacial score (nSPS) is 10.9. The molecular formula is C25H31NO6S2. The van der Waals surface area contributed by atoms with Crippen LogP contribution in [0, 0.1) is 20.8 Å². The van der Waals surface area contributed by atoms with E-state index in [0.29, 0.717) is 3.71 Å². The molecule has 0 aliphatic carbocycles. The van der Waals surface area contributed by atoms with E-state index in [1.165, 1.54) is 43.9 Å². The lowest BCUT2D eigenvalue weighted by Crippen LogP contribution is -2.33. The molecular weight excluding hydrogens is 474 g/mol. The molecule has 0 aromatic heterocycles. The fraction of sp³-hybridized carbons (Fsp3) is 0.240. The molecule has 0 heterocycles. The number of hydrogen-bond acceptors (Lipinski definition) is 6. The Balaban J connectivity index is 0.000000393. The Morgan fingerprint density at radius 2 is 0.941 bits per heavy atom. The van der Waals surface area contributed by atoms with Crippen LogP contribution in [-0.2, 0) is 29.6 Å². The van der Waals surface area contributed by atoms with Crippen LogP contribution in [0.5, 0.6) is 0 Å².